The van der Waals surface area contributed by atoms with Gasteiger partial charge >= 0.3 is 0 Å². The first-order chi connectivity index (χ1) is 13.6. The van der Waals surface area contributed by atoms with Crippen LogP contribution in [0.25, 0.3) is 11.0 Å². The van der Waals surface area contributed by atoms with E-state index in [2.05, 4.69) is 5.32 Å². The molecule has 3 heterocycles. The number of pyridine rings is 1. The minimum absolute atomic E-state index is 0.0923. The normalized spacial score (nSPS) is 22.5. The Morgan fingerprint density at radius 3 is 2.61 bits per heavy atom. The van der Waals surface area contributed by atoms with E-state index in [1.54, 1.807) is 7.05 Å². The fourth-order valence-corrected chi connectivity index (χ4v) is 4.47. The number of hydrogen-bond donors (Lipinski definition) is 1. The second-order valence-corrected chi connectivity index (χ2v) is 8.55. The summed E-state index contributed by atoms with van der Waals surface area (Å²) in [6.07, 6.45) is 6.29. The molecule has 7 heteroatoms. The summed E-state index contributed by atoms with van der Waals surface area (Å²) >= 11 is 0. The number of fused-ring (bicyclic) bond motifs is 1. The molecule has 3 aliphatic rings. The lowest BCUT2D eigenvalue weighted by Gasteiger charge is -2.32. The molecule has 7 nitrogen and oxygen atoms in total. The van der Waals surface area contributed by atoms with Crippen LogP contribution in [0.2, 0.25) is 0 Å². The quantitative estimate of drug-likeness (QED) is 0.881. The number of nitrogens with one attached hydrogen (secondary N) is 1. The summed E-state index contributed by atoms with van der Waals surface area (Å²) < 4.78 is 1.81. The van der Waals surface area contributed by atoms with Crippen molar-refractivity contribution in [2.24, 2.45) is 13.0 Å². The van der Waals surface area contributed by atoms with Gasteiger partial charge in [-0.15, -0.1) is 0 Å². The molecule has 1 unspecified atom stereocenters. The molecule has 148 valence electrons. The lowest BCUT2D eigenvalue weighted by atomic mass is 9.91. The third kappa shape index (κ3) is 2.97. The van der Waals surface area contributed by atoms with E-state index < -0.39 is 0 Å². The first-order valence-corrected chi connectivity index (χ1v) is 10.4. The van der Waals surface area contributed by atoms with Crippen LogP contribution in [0.1, 0.15) is 72.1 Å². The zero-order valence-electron chi connectivity index (χ0n) is 16.6. The third-order valence-corrected chi connectivity index (χ3v) is 6.35. The predicted molar refractivity (Wildman–Crippen MR) is 105 cm³/mol. The number of piperidine rings is 1. The lowest BCUT2D eigenvalue weighted by molar-refractivity contribution is -0.133. The molecular weight excluding hydrogens is 354 g/mol. The fraction of sp³-hybridized carbons (Fsp3) is 0.619. The van der Waals surface area contributed by atoms with E-state index >= 15 is 0 Å². The first-order valence-electron chi connectivity index (χ1n) is 10.4. The van der Waals surface area contributed by atoms with Crippen molar-refractivity contribution in [2.45, 2.75) is 50.4 Å². The van der Waals surface area contributed by atoms with E-state index in [4.69, 9.17) is 10.1 Å². The maximum Gasteiger partial charge on any atom is 0.251 e. The van der Waals surface area contributed by atoms with Gasteiger partial charge in [0.2, 0.25) is 5.91 Å². The lowest BCUT2D eigenvalue weighted by Crippen LogP contribution is -2.40. The number of rotatable bonds is 4. The Morgan fingerprint density at radius 1 is 1.14 bits per heavy atom. The number of aromatic nitrogens is 3. The monoisotopic (exact) mass is 381 g/mol. The van der Waals surface area contributed by atoms with Crippen molar-refractivity contribution in [1.29, 1.82) is 0 Å². The van der Waals surface area contributed by atoms with Crippen LogP contribution in [0, 0.1) is 5.92 Å². The van der Waals surface area contributed by atoms with Gasteiger partial charge in [-0.2, -0.15) is 5.10 Å². The van der Waals surface area contributed by atoms with E-state index in [9.17, 15) is 9.59 Å². The summed E-state index contributed by atoms with van der Waals surface area (Å²) in [7, 11) is 3.57. The highest BCUT2D eigenvalue weighted by Gasteiger charge is 2.37. The topological polar surface area (TPSA) is 80.1 Å². The first kappa shape index (κ1) is 17.6. The van der Waals surface area contributed by atoms with Gasteiger partial charge < -0.3 is 10.2 Å². The SMILES string of the molecule is CNC(=O)c1cc(C2CC2)nc2c1c(C1CCCN(C(=O)C3CC3)C1)nn2C. The zero-order chi connectivity index (χ0) is 19.4. The number of hydrogen-bond acceptors (Lipinski definition) is 4. The molecule has 1 aliphatic heterocycles. The summed E-state index contributed by atoms with van der Waals surface area (Å²) in [5, 5.41) is 8.44. The van der Waals surface area contributed by atoms with Crippen LogP contribution in [0.5, 0.6) is 0 Å². The van der Waals surface area contributed by atoms with Gasteiger partial charge in [0.05, 0.1) is 16.6 Å². The minimum Gasteiger partial charge on any atom is -0.355 e. The maximum atomic E-state index is 12.7. The molecule has 2 amide bonds. The summed E-state index contributed by atoms with van der Waals surface area (Å²) in [6.45, 7) is 1.53. The molecule has 28 heavy (non-hydrogen) atoms. The van der Waals surface area contributed by atoms with E-state index in [1.165, 1.54) is 0 Å². The Bertz CT molecular complexity index is 957. The van der Waals surface area contributed by atoms with Gasteiger partial charge in [-0.05, 0) is 44.6 Å². The van der Waals surface area contributed by atoms with Gasteiger partial charge in [0, 0.05) is 50.6 Å². The molecule has 2 aromatic heterocycles. The van der Waals surface area contributed by atoms with Crippen molar-refractivity contribution in [3.63, 3.8) is 0 Å². The number of nitrogens with zero attached hydrogens (tertiary/aromatic N) is 4. The number of amides is 2. The number of likely N-dealkylation sites (tertiary alicyclic amines) is 1. The van der Waals surface area contributed by atoms with E-state index in [-0.39, 0.29) is 17.7 Å². The molecule has 1 atom stereocenters. The Kier molecular flexibility index (Phi) is 4.14. The van der Waals surface area contributed by atoms with Gasteiger partial charge in [0.1, 0.15) is 0 Å². The van der Waals surface area contributed by atoms with Gasteiger partial charge in [-0.3, -0.25) is 14.3 Å². The van der Waals surface area contributed by atoms with Crippen molar-refractivity contribution in [2.75, 3.05) is 20.1 Å². The summed E-state index contributed by atoms with van der Waals surface area (Å²) in [4.78, 5) is 32.1. The molecule has 5 rings (SSSR count). The van der Waals surface area contributed by atoms with Gasteiger partial charge in [0.25, 0.3) is 5.91 Å². The van der Waals surface area contributed by atoms with Crippen molar-refractivity contribution >= 4 is 22.8 Å². The minimum atomic E-state index is -0.0923. The summed E-state index contributed by atoms with van der Waals surface area (Å²) in [5.41, 5.74) is 3.36. The second kappa shape index (κ2) is 6.57. The van der Waals surface area contributed by atoms with Crippen molar-refractivity contribution < 1.29 is 9.59 Å². The van der Waals surface area contributed by atoms with Crippen molar-refractivity contribution in [1.82, 2.24) is 25.0 Å². The molecule has 0 bridgehead atoms. The standard InChI is InChI=1S/C21H27N5O2/c1-22-20(27)15-10-16(12-5-6-12)23-19-17(15)18(24-25(19)2)14-4-3-9-26(11-14)21(28)13-7-8-13/h10,12-14H,3-9,11H2,1-2H3,(H,22,27). The van der Waals surface area contributed by atoms with Crippen LogP contribution in [-0.4, -0.2) is 51.6 Å². The molecule has 0 spiro atoms. The zero-order valence-corrected chi connectivity index (χ0v) is 16.6. The van der Waals surface area contributed by atoms with Crippen LogP contribution < -0.4 is 5.32 Å². The molecule has 2 saturated carbocycles. The number of carbonyl (C=O) groups is 2. The highest BCUT2D eigenvalue weighted by atomic mass is 16.2. The average molecular weight is 381 g/mol. The van der Waals surface area contributed by atoms with E-state index in [1.807, 2.05) is 22.7 Å². The summed E-state index contributed by atoms with van der Waals surface area (Å²) in [6, 6.07) is 1.96. The molecule has 0 aromatic carbocycles. The second-order valence-electron chi connectivity index (χ2n) is 8.55. The highest BCUT2D eigenvalue weighted by molar-refractivity contribution is 6.06. The van der Waals surface area contributed by atoms with E-state index in [0.29, 0.717) is 23.9 Å². The molecule has 2 aromatic rings. The molecule has 1 saturated heterocycles. The smallest absolute Gasteiger partial charge is 0.251 e. The highest BCUT2D eigenvalue weighted by Crippen LogP contribution is 2.42. The van der Waals surface area contributed by atoms with Crippen LogP contribution >= 0.6 is 0 Å². The Hall–Kier alpha value is -2.44. The van der Waals surface area contributed by atoms with Gasteiger partial charge in [-0.25, -0.2) is 4.98 Å². The van der Waals surface area contributed by atoms with Gasteiger partial charge in [-0.1, -0.05) is 0 Å². The third-order valence-electron chi connectivity index (χ3n) is 6.35. The van der Waals surface area contributed by atoms with E-state index in [0.717, 1.165) is 67.5 Å². The van der Waals surface area contributed by atoms with Crippen molar-refractivity contribution in [3.05, 3.63) is 23.0 Å². The Morgan fingerprint density at radius 2 is 1.93 bits per heavy atom. The van der Waals surface area contributed by atoms with Crippen LogP contribution in [0.15, 0.2) is 6.07 Å². The van der Waals surface area contributed by atoms with Crippen LogP contribution in [0.3, 0.4) is 0 Å². The number of aryl methyl sites for hydroxylation is 1. The summed E-state index contributed by atoms with van der Waals surface area (Å²) in [5.74, 6) is 1.06. The fourth-order valence-electron chi connectivity index (χ4n) is 4.47. The maximum absolute atomic E-state index is 12.7. The van der Waals surface area contributed by atoms with Gasteiger partial charge in [0.15, 0.2) is 5.65 Å². The predicted octanol–water partition coefficient (Wildman–Crippen LogP) is 2.32. The Balaban J connectivity index is 1.57. The molecule has 3 fully saturated rings. The molecule has 1 N–H and O–H groups in total. The number of carbonyl (C=O) groups excluding carboxylic acids is 2. The largest absolute Gasteiger partial charge is 0.355 e. The average Bonchev–Trinajstić information content (AvgIpc) is 3.63. The van der Waals surface area contributed by atoms with Crippen LogP contribution in [0.4, 0.5) is 0 Å². The van der Waals surface area contributed by atoms with Crippen molar-refractivity contribution in [3.8, 4) is 0 Å². The van der Waals surface area contributed by atoms with Crippen LogP contribution in [-0.2, 0) is 11.8 Å². The molecule has 2 aliphatic carbocycles. The Labute approximate surface area is 164 Å². The molecule has 0 radical (unpaired) electrons. The molecular formula is C21H27N5O2.